The third kappa shape index (κ3) is 27.7. The van der Waals surface area contributed by atoms with Gasteiger partial charge < -0.3 is 15.5 Å². The average Bonchev–Trinajstić information content (AvgIpc) is 2.94. The van der Waals surface area contributed by atoms with Crippen LogP contribution in [-0.4, -0.2) is 34.9 Å². The van der Waals surface area contributed by atoms with Crippen LogP contribution in [0.1, 0.15) is 149 Å². The Kier molecular flexibility index (Phi) is 29.6. The van der Waals surface area contributed by atoms with Crippen molar-refractivity contribution in [2.45, 2.75) is 161 Å². The topological polar surface area (TPSA) is 69.6 Å². The second-order valence-electron chi connectivity index (χ2n) is 10.8. The molecule has 3 N–H and O–H groups in total. The molecule has 0 aromatic heterocycles. The van der Waals surface area contributed by atoms with Crippen LogP contribution in [0.25, 0.3) is 0 Å². The number of nitrogens with one attached hydrogen (secondary N) is 1. The fraction of sp³-hybridized carbons (Fsp3) is 0.743. The Morgan fingerprint density at radius 3 is 1.54 bits per heavy atom. The van der Waals surface area contributed by atoms with Gasteiger partial charge in [-0.05, 0) is 70.6 Å². The lowest BCUT2D eigenvalue weighted by atomic mass is 10.1. The molecule has 226 valence electrons. The Hall–Kier alpha value is -1.65. The van der Waals surface area contributed by atoms with Crippen LogP contribution in [0.2, 0.25) is 0 Å². The van der Waals surface area contributed by atoms with E-state index in [9.17, 15) is 15.0 Å². The van der Waals surface area contributed by atoms with Crippen molar-refractivity contribution in [3.63, 3.8) is 0 Å². The van der Waals surface area contributed by atoms with Gasteiger partial charge in [-0.1, -0.05) is 120 Å². The van der Waals surface area contributed by atoms with Crippen molar-refractivity contribution in [3.05, 3.63) is 48.6 Å². The molecular formula is C35H63NO3. The molecule has 0 radical (unpaired) electrons. The first-order valence-corrected chi connectivity index (χ1v) is 16.4. The molecule has 1 amide bonds. The molecule has 0 rings (SSSR count). The lowest BCUT2D eigenvalue weighted by Crippen LogP contribution is -2.45. The van der Waals surface area contributed by atoms with Gasteiger partial charge in [-0.25, -0.2) is 0 Å². The summed E-state index contributed by atoms with van der Waals surface area (Å²) in [5.41, 5.74) is 0. The third-order valence-corrected chi connectivity index (χ3v) is 7.01. The Morgan fingerprint density at radius 2 is 1.00 bits per heavy atom. The maximum absolute atomic E-state index is 12.2. The summed E-state index contributed by atoms with van der Waals surface area (Å²) in [6.07, 6.45) is 40.4. The monoisotopic (exact) mass is 545 g/mol. The molecule has 0 aliphatic rings. The van der Waals surface area contributed by atoms with Crippen LogP contribution in [0.15, 0.2) is 48.6 Å². The smallest absolute Gasteiger partial charge is 0.220 e. The van der Waals surface area contributed by atoms with E-state index in [0.717, 1.165) is 51.4 Å². The largest absolute Gasteiger partial charge is 0.394 e. The van der Waals surface area contributed by atoms with Crippen LogP contribution < -0.4 is 5.32 Å². The summed E-state index contributed by atoms with van der Waals surface area (Å²) in [5, 5.41) is 22.7. The molecule has 0 aromatic rings. The number of carbonyl (C=O) groups excluding carboxylic acids is 1. The van der Waals surface area contributed by atoms with Gasteiger partial charge in [0.15, 0.2) is 0 Å². The maximum atomic E-state index is 12.2. The van der Waals surface area contributed by atoms with Crippen LogP contribution in [0, 0.1) is 0 Å². The highest BCUT2D eigenvalue weighted by atomic mass is 16.3. The quantitative estimate of drug-likeness (QED) is 0.0677. The van der Waals surface area contributed by atoms with Crippen molar-refractivity contribution in [2.75, 3.05) is 6.61 Å². The zero-order valence-corrected chi connectivity index (χ0v) is 25.6. The highest BCUT2D eigenvalue weighted by molar-refractivity contribution is 5.76. The Balaban J connectivity index is 3.77. The van der Waals surface area contributed by atoms with Crippen LogP contribution in [0.4, 0.5) is 0 Å². The van der Waals surface area contributed by atoms with Crippen molar-refractivity contribution in [2.24, 2.45) is 0 Å². The van der Waals surface area contributed by atoms with Gasteiger partial charge in [0, 0.05) is 6.42 Å². The molecule has 2 unspecified atom stereocenters. The maximum Gasteiger partial charge on any atom is 0.220 e. The van der Waals surface area contributed by atoms with Gasteiger partial charge in [-0.2, -0.15) is 0 Å². The highest BCUT2D eigenvalue weighted by Crippen LogP contribution is 2.10. The Bertz CT molecular complexity index is 638. The van der Waals surface area contributed by atoms with E-state index < -0.39 is 12.1 Å². The van der Waals surface area contributed by atoms with E-state index in [2.05, 4.69) is 55.6 Å². The van der Waals surface area contributed by atoms with Crippen LogP contribution in [-0.2, 0) is 4.79 Å². The van der Waals surface area contributed by atoms with Crippen LogP contribution >= 0.6 is 0 Å². The molecule has 0 fully saturated rings. The number of allylic oxidation sites excluding steroid dienone is 7. The second-order valence-corrected chi connectivity index (χ2v) is 10.8. The van der Waals surface area contributed by atoms with E-state index in [4.69, 9.17) is 0 Å². The van der Waals surface area contributed by atoms with Crippen molar-refractivity contribution in [1.29, 1.82) is 0 Å². The number of amides is 1. The van der Waals surface area contributed by atoms with Gasteiger partial charge >= 0.3 is 0 Å². The van der Waals surface area contributed by atoms with Gasteiger partial charge in [-0.15, -0.1) is 0 Å². The lowest BCUT2D eigenvalue weighted by molar-refractivity contribution is -0.123. The lowest BCUT2D eigenvalue weighted by Gasteiger charge is -2.19. The summed E-state index contributed by atoms with van der Waals surface area (Å²) in [6.45, 7) is 4.22. The standard InChI is InChI=1S/C35H63NO3/c1-3-5-7-9-11-13-15-17-19-21-23-25-27-29-31-35(39)36-33(32-37)34(38)30-28-26-24-22-20-18-16-14-12-10-8-6-4-2/h12,14-15,17,20,22,28,30,33-34,37-38H,3-11,13,16,18-19,21,23-27,29,31-32H2,1-2H3,(H,36,39)/b14-12+,17-15-,22-20+,30-28+. The van der Waals surface area contributed by atoms with Crippen LogP contribution in [0.3, 0.4) is 0 Å². The zero-order valence-electron chi connectivity index (χ0n) is 25.6. The van der Waals surface area contributed by atoms with E-state index in [1.165, 1.54) is 77.0 Å². The van der Waals surface area contributed by atoms with Crippen molar-refractivity contribution in [3.8, 4) is 0 Å². The highest BCUT2D eigenvalue weighted by Gasteiger charge is 2.17. The molecule has 0 heterocycles. The molecule has 4 heteroatoms. The predicted molar refractivity (Wildman–Crippen MR) is 170 cm³/mol. The molecular weight excluding hydrogens is 482 g/mol. The van der Waals surface area contributed by atoms with Gasteiger partial charge in [-0.3, -0.25) is 4.79 Å². The molecule has 39 heavy (non-hydrogen) atoms. The first-order chi connectivity index (χ1) is 19.2. The summed E-state index contributed by atoms with van der Waals surface area (Å²) in [5.74, 6) is -0.0919. The van der Waals surface area contributed by atoms with Gasteiger partial charge in [0.05, 0.1) is 18.8 Å². The molecule has 0 saturated carbocycles. The fourth-order valence-electron chi connectivity index (χ4n) is 4.44. The minimum absolute atomic E-state index is 0.0919. The number of unbranched alkanes of at least 4 members (excludes halogenated alkanes) is 15. The molecule has 0 aliphatic heterocycles. The molecule has 2 atom stereocenters. The fourth-order valence-corrected chi connectivity index (χ4v) is 4.44. The van der Waals surface area contributed by atoms with Gasteiger partial charge in [0.25, 0.3) is 0 Å². The average molecular weight is 546 g/mol. The Morgan fingerprint density at radius 1 is 0.590 bits per heavy atom. The second kappa shape index (κ2) is 30.9. The van der Waals surface area contributed by atoms with E-state index in [1.54, 1.807) is 6.08 Å². The minimum atomic E-state index is -0.870. The number of aliphatic hydroxyl groups is 2. The summed E-state index contributed by atoms with van der Waals surface area (Å²) < 4.78 is 0. The van der Waals surface area contributed by atoms with Gasteiger partial charge in [0.1, 0.15) is 0 Å². The molecule has 0 aromatic carbocycles. The number of hydrogen-bond donors (Lipinski definition) is 3. The first kappa shape index (κ1) is 37.4. The molecule has 0 aliphatic carbocycles. The van der Waals surface area contributed by atoms with Gasteiger partial charge in [0.2, 0.25) is 5.91 Å². The van der Waals surface area contributed by atoms with E-state index in [1.807, 2.05) is 6.08 Å². The summed E-state index contributed by atoms with van der Waals surface area (Å²) in [6, 6.07) is -0.646. The summed E-state index contributed by atoms with van der Waals surface area (Å²) >= 11 is 0. The third-order valence-electron chi connectivity index (χ3n) is 7.01. The number of hydrogen-bond acceptors (Lipinski definition) is 3. The van der Waals surface area contributed by atoms with E-state index in [-0.39, 0.29) is 12.5 Å². The number of carbonyl (C=O) groups is 1. The Labute approximate surface area is 242 Å². The molecule has 0 spiro atoms. The molecule has 4 nitrogen and oxygen atoms in total. The first-order valence-electron chi connectivity index (χ1n) is 16.4. The number of rotatable bonds is 28. The van der Waals surface area contributed by atoms with Crippen LogP contribution in [0.5, 0.6) is 0 Å². The van der Waals surface area contributed by atoms with Crippen molar-refractivity contribution in [1.82, 2.24) is 5.32 Å². The van der Waals surface area contributed by atoms with Crippen molar-refractivity contribution >= 4 is 5.91 Å². The number of aliphatic hydroxyl groups excluding tert-OH is 2. The minimum Gasteiger partial charge on any atom is -0.394 e. The van der Waals surface area contributed by atoms with E-state index >= 15 is 0 Å². The molecule has 0 bridgehead atoms. The van der Waals surface area contributed by atoms with E-state index in [0.29, 0.717) is 6.42 Å². The predicted octanol–water partition coefficient (Wildman–Crippen LogP) is 9.28. The van der Waals surface area contributed by atoms with Crippen molar-refractivity contribution < 1.29 is 15.0 Å². The normalized spacial score (nSPS) is 13.8. The zero-order chi connectivity index (χ0) is 28.7. The summed E-state index contributed by atoms with van der Waals surface area (Å²) in [4.78, 5) is 12.2. The molecule has 0 saturated heterocycles. The summed E-state index contributed by atoms with van der Waals surface area (Å²) in [7, 11) is 0. The SMILES string of the molecule is CCCCC/C=C/CC/C=C/CC/C=C/C(O)C(CO)NC(=O)CCCCCCC/C=C\CCCCCCC.